The first-order valence-corrected chi connectivity index (χ1v) is 11.5. The number of ether oxygens (including phenoxy) is 1. The first-order chi connectivity index (χ1) is 14.3. The van der Waals surface area contributed by atoms with Gasteiger partial charge in [-0.25, -0.2) is 0 Å². The van der Waals surface area contributed by atoms with Crippen molar-refractivity contribution in [1.29, 1.82) is 0 Å². The molecule has 1 aromatic heterocycles. The van der Waals surface area contributed by atoms with Gasteiger partial charge < -0.3 is 4.74 Å². The van der Waals surface area contributed by atoms with Crippen molar-refractivity contribution < 1.29 is 17.9 Å². The molecule has 1 amide bonds. The minimum Gasteiger partial charge on any atom is -0.497 e. The number of sulfonamides is 1. The molecule has 0 fully saturated rings. The summed E-state index contributed by atoms with van der Waals surface area (Å²) in [6.45, 7) is 3.78. The van der Waals surface area contributed by atoms with Crippen LogP contribution in [0.15, 0.2) is 46.8 Å². The minimum atomic E-state index is -3.90. The standard InChI is InChI=1S/C20H20N4O4S2/c1-12-4-5-15-11-13(2)24(17(15)10-12)30(26,27)20-23-22-19(29-20)21-18(25)14-6-8-16(28-3)9-7-14/h4-10,13H,11H2,1-3H3,(H,21,22,25). The monoisotopic (exact) mass is 444 g/mol. The molecule has 0 aliphatic carbocycles. The van der Waals surface area contributed by atoms with E-state index in [0.29, 0.717) is 23.4 Å². The topological polar surface area (TPSA) is 101 Å². The Morgan fingerprint density at radius 3 is 2.63 bits per heavy atom. The number of methoxy groups -OCH3 is 1. The molecule has 8 nitrogen and oxygen atoms in total. The molecule has 0 radical (unpaired) electrons. The maximum atomic E-state index is 13.3. The van der Waals surface area contributed by atoms with Gasteiger partial charge in [-0.3, -0.25) is 14.4 Å². The second kappa shape index (κ2) is 7.69. The maximum absolute atomic E-state index is 13.3. The van der Waals surface area contributed by atoms with Crippen LogP contribution < -0.4 is 14.4 Å². The summed E-state index contributed by atoms with van der Waals surface area (Å²) in [5.41, 5.74) is 3.02. The van der Waals surface area contributed by atoms with Crippen LogP contribution in [0, 0.1) is 6.92 Å². The van der Waals surface area contributed by atoms with Crippen molar-refractivity contribution in [3.63, 3.8) is 0 Å². The molecule has 4 rings (SSSR count). The number of carbonyl (C=O) groups excluding carboxylic acids is 1. The fraction of sp³-hybridized carbons (Fsp3) is 0.250. The van der Waals surface area contributed by atoms with Crippen LogP contribution in [0.4, 0.5) is 10.8 Å². The average Bonchev–Trinajstić information content (AvgIpc) is 3.32. The van der Waals surface area contributed by atoms with Gasteiger partial charge in [0.1, 0.15) is 5.75 Å². The number of hydrogen-bond acceptors (Lipinski definition) is 7. The summed E-state index contributed by atoms with van der Waals surface area (Å²) in [5, 5.41) is 10.4. The lowest BCUT2D eigenvalue weighted by Crippen LogP contribution is -2.35. The van der Waals surface area contributed by atoms with Gasteiger partial charge >= 0.3 is 0 Å². The maximum Gasteiger partial charge on any atom is 0.293 e. The van der Waals surface area contributed by atoms with Gasteiger partial charge in [-0.05, 0) is 61.7 Å². The molecule has 0 saturated heterocycles. The van der Waals surface area contributed by atoms with Crippen LogP contribution in [0.5, 0.6) is 5.75 Å². The summed E-state index contributed by atoms with van der Waals surface area (Å²) >= 11 is 0.830. The van der Waals surface area contributed by atoms with E-state index in [1.807, 2.05) is 32.0 Å². The van der Waals surface area contributed by atoms with Crippen molar-refractivity contribution in [3.05, 3.63) is 59.2 Å². The molecule has 0 spiro atoms. The number of rotatable bonds is 5. The Balaban J connectivity index is 1.57. The number of nitrogens with zero attached hydrogens (tertiary/aromatic N) is 3. The molecule has 30 heavy (non-hydrogen) atoms. The third-order valence-corrected chi connectivity index (χ3v) is 7.97. The van der Waals surface area contributed by atoms with Gasteiger partial charge in [0, 0.05) is 11.6 Å². The fourth-order valence-corrected chi connectivity index (χ4v) is 6.08. The predicted octanol–water partition coefficient (Wildman–Crippen LogP) is 3.25. The number of benzene rings is 2. The van der Waals surface area contributed by atoms with Gasteiger partial charge in [0.15, 0.2) is 0 Å². The number of aryl methyl sites for hydroxylation is 1. The molecule has 1 atom stereocenters. The molecule has 10 heteroatoms. The third kappa shape index (κ3) is 3.63. The number of hydrogen-bond donors (Lipinski definition) is 1. The van der Waals surface area contributed by atoms with Crippen molar-refractivity contribution in [2.45, 2.75) is 30.6 Å². The van der Waals surface area contributed by atoms with Gasteiger partial charge in [0.2, 0.25) is 5.13 Å². The molecule has 1 aliphatic heterocycles. The van der Waals surface area contributed by atoms with Crippen LogP contribution in [0.1, 0.15) is 28.4 Å². The van der Waals surface area contributed by atoms with Gasteiger partial charge in [0.05, 0.1) is 12.8 Å². The number of anilines is 2. The van der Waals surface area contributed by atoms with E-state index >= 15 is 0 Å². The minimum absolute atomic E-state index is 0.116. The Morgan fingerprint density at radius 1 is 1.20 bits per heavy atom. The van der Waals surface area contributed by atoms with Crippen LogP contribution >= 0.6 is 11.3 Å². The van der Waals surface area contributed by atoms with E-state index in [1.165, 1.54) is 4.31 Å². The quantitative estimate of drug-likeness (QED) is 0.606. The smallest absolute Gasteiger partial charge is 0.293 e. The molecule has 0 bridgehead atoms. The largest absolute Gasteiger partial charge is 0.497 e. The molecule has 156 valence electrons. The lowest BCUT2D eigenvalue weighted by molar-refractivity contribution is 0.102. The Labute approximate surface area is 178 Å². The van der Waals surface area contributed by atoms with E-state index in [9.17, 15) is 13.2 Å². The van der Waals surface area contributed by atoms with Crippen LogP contribution in [-0.4, -0.2) is 37.7 Å². The SMILES string of the molecule is COc1ccc(C(=O)Nc2nnc(S(=O)(=O)N3c4cc(C)ccc4CC3C)s2)cc1. The lowest BCUT2D eigenvalue weighted by Gasteiger charge is -2.22. The molecular weight excluding hydrogens is 424 g/mol. The second-order valence-corrected chi connectivity index (χ2v) is 10.0. The number of amides is 1. The van der Waals surface area contributed by atoms with Gasteiger partial charge in [-0.1, -0.05) is 23.5 Å². The number of carbonyl (C=O) groups is 1. The zero-order valence-electron chi connectivity index (χ0n) is 16.6. The van der Waals surface area contributed by atoms with Crippen LogP contribution in [0.2, 0.25) is 0 Å². The van der Waals surface area contributed by atoms with E-state index in [4.69, 9.17) is 4.74 Å². The Bertz CT molecular complexity index is 1210. The fourth-order valence-electron chi connectivity index (χ4n) is 3.42. The Kier molecular flexibility index (Phi) is 5.20. The number of fused-ring (bicyclic) bond motifs is 1. The molecule has 0 saturated carbocycles. The molecule has 1 aliphatic rings. The summed E-state index contributed by atoms with van der Waals surface area (Å²) in [5.74, 6) is 0.222. The average molecular weight is 445 g/mol. The Morgan fingerprint density at radius 2 is 1.93 bits per heavy atom. The molecular formula is C20H20N4O4S2. The highest BCUT2D eigenvalue weighted by atomic mass is 32.2. The van der Waals surface area contributed by atoms with Crippen molar-refractivity contribution >= 4 is 38.1 Å². The number of nitrogens with one attached hydrogen (secondary N) is 1. The predicted molar refractivity (Wildman–Crippen MR) is 115 cm³/mol. The highest BCUT2D eigenvalue weighted by Gasteiger charge is 2.38. The first kappa shape index (κ1) is 20.3. The van der Waals surface area contributed by atoms with E-state index in [1.54, 1.807) is 31.4 Å². The highest BCUT2D eigenvalue weighted by molar-refractivity contribution is 7.94. The molecule has 3 aromatic rings. The summed E-state index contributed by atoms with van der Waals surface area (Å²) in [4.78, 5) is 12.4. The van der Waals surface area contributed by atoms with E-state index in [-0.39, 0.29) is 15.5 Å². The van der Waals surface area contributed by atoms with Crippen molar-refractivity contribution in [2.24, 2.45) is 0 Å². The summed E-state index contributed by atoms with van der Waals surface area (Å²) in [7, 11) is -2.36. The second-order valence-electron chi connectivity index (χ2n) is 7.04. The van der Waals surface area contributed by atoms with Crippen molar-refractivity contribution in [1.82, 2.24) is 10.2 Å². The first-order valence-electron chi connectivity index (χ1n) is 9.22. The van der Waals surface area contributed by atoms with Gasteiger partial charge in [0.25, 0.3) is 20.3 Å². The normalized spacial score (nSPS) is 15.7. The zero-order valence-corrected chi connectivity index (χ0v) is 18.3. The zero-order chi connectivity index (χ0) is 21.5. The summed E-state index contributed by atoms with van der Waals surface area (Å²) in [6, 6.07) is 12.1. The molecule has 1 unspecified atom stereocenters. The van der Waals surface area contributed by atoms with Crippen molar-refractivity contribution in [3.8, 4) is 5.75 Å². The van der Waals surface area contributed by atoms with Crippen molar-refractivity contribution in [2.75, 3.05) is 16.7 Å². The van der Waals surface area contributed by atoms with E-state index < -0.39 is 15.9 Å². The Hall–Kier alpha value is -2.98. The highest BCUT2D eigenvalue weighted by Crippen LogP contribution is 2.38. The third-order valence-electron chi connectivity index (χ3n) is 4.85. The lowest BCUT2D eigenvalue weighted by atomic mass is 10.1. The number of aromatic nitrogens is 2. The molecule has 2 heterocycles. The van der Waals surface area contributed by atoms with E-state index in [2.05, 4.69) is 15.5 Å². The van der Waals surface area contributed by atoms with Crippen LogP contribution in [0.3, 0.4) is 0 Å². The van der Waals surface area contributed by atoms with E-state index in [0.717, 1.165) is 22.5 Å². The molecule has 1 N–H and O–H groups in total. The van der Waals surface area contributed by atoms with Crippen LogP contribution in [0.25, 0.3) is 0 Å². The van der Waals surface area contributed by atoms with Gasteiger partial charge in [-0.15, -0.1) is 10.2 Å². The summed E-state index contributed by atoms with van der Waals surface area (Å²) < 4.78 is 32.8. The van der Waals surface area contributed by atoms with Crippen LogP contribution in [-0.2, 0) is 16.4 Å². The summed E-state index contributed by atoms with van der Waals surface area (Å²) in [6.07, 6.45) is 0.634. The molecule has 2 aromatic carbocycles. The van der Waals surface area contributed by atoms with Gasteiger partial charge in [-0.2, -0.15) is 8.42 Å².